The van der Waals surface area contributed by atoms with E-state index < -0.39 is 5.41 Å². The summed E-state index contributed by atoms with van der Waals surface area (Å²) in [6.07, 6.45) is 0. The number of furan rings is 1. The van der Waals surface area contributed by atoms with Gasteiger partial charge in [-0.1, -0.05) is 170 Å². The zero-order chi connectivity index (χ0) is 41.5. The van der Waals surface area contributed by atoms with Crippen LogP contribution in [0.2, 0.25) is 0 Å². The van der Waals surface area contributed by atoms with Gasteiger partial charge in [0.25, 0.3) is 0 Å². The van der Waals surface area contributed by atoms with Gasteiger partial charge in [0.05, 0.1) is 5.41 Å². The summed E-state index contributed by atoms with van der Waals surface area (Å²) >= 11 is 0. The molecule has 4 heterocycles. The molecular weight excluding hydrogens is 775 g/mol. The Morgan fingerprint density at radius 1 is 0.365 bits per heavy atom. The minimum Gasteiger partial charge on any atom is -0.457 e. The van der Waals surface area contributed by atoms with Crippen LogP contribution >= 0.6 is 0 Å². The summed E-state index contributed by atoms with van der Waals surface area (Å²) in [6.45, 7) is 0. The first-order valence-electron chi connectivity index (χ1n) is 21.0. The minimum absolute atomic E-state index is 0.585. The lowest BCUT2D eigenvalue weighted by Crippen LogP contribution is -2.32. The van der Waals surface area contributed by atoms with Crippen molar-refractivity contribution in [1.82, 2.24) is 24.9 Å². The smallest absolute Gasteiger partial charge is 0.180 e. The van der Waals surface area contributed by atoms with Gasteiger partial charge in [0.1, 0.15) is 28.3 Å². The third kappa shape index (κ3) is 5.30. The molecule has 0 unspecified atom stereocenters. The number of fused-ring (bicyclic) bond motifs is 12. The molecule has 13 rings (SSSR count). The van der Waals surface area contributed by atoms with Gasteiger partial charge in [-0.25, -0.2) is 24.9 Å². The summed E-state index contributed by atoms with van der Waals surface area (Å²) in [5.74, 6) is 4.00. The Balaban J connectivity index is 1.11. The maximum Gasteiger partial charge on any atom is 0.180 e. The van der Waals surface area contributed by atoms with E-state index >= 15 is 0 Å². The maximum absolute atomic E-state index is 6.74. The van der Waals surface area contributed by atoms with Crippen molar-refractivity contribution in [2.75, 3.05) is 0 Å². The molecule has 1 spiro atoms. The van der Waals surface area contributed by atoms with Gasteiger partial charge < -0.3 is 9.15 Å². The van der Waals surface area contributed by atoms with E-state index in [1.807, 2.05) is 109 Å². The summed E-state index contributed by atoms with van der Waals surface area (Å²) in [5.41, 5.74) is 13.1. The van der Waals surface area contributed by atoms with Crippen molar-refractivity contribution in [3.8, 4) is 79.4 Å². The lowest BCUT2D eigenvalue weighted by molar-refractivity contribution is 0.436. The van der Waals surface area contributed by atoms with Crippen molar-refractivity contribution in [2.24, 2.45) is 0 Å². The number of rotatable bonds is 5. The fraction of sp³-hybridized carbons (Fsp3) is 0.0179. The molecule has 1 aliphatic carbocycles. The van der Waals surface area contributed by atoms with Crippen molar-refractivity contribution in [3.05, 3.63) is 222 Å². The predicted molar refractivity (Wildman–Crippen MR) is 247 cm³/mol. The molecule has 7 heteroatoms. The van der Waals surface area contributed by atoms with Crippen LogP contribution in [0, 0.1) is 0 Å². The van der Waals surface area contributed by atoms with E-state index in [9.17, 15) is 0 Å². The lowest BCUT2D eigenvalue weighted by atomic mass is 9.65. The largest absolute Gasteiger partial charge is 0.457 e. The summed E-state index contributed by atoms with van der Waals surface area (Å²) in [5, 5.41) is 0.945. The van der Waals surface area contributed by atoms with Crippen molar-refractivity contribution >= 4 is 22.1 Å². The molecule has 8 aromatic carbocycles. The Morgan fingerprint density at radius 2 is 0.921 bits per heavy atom. The van der Waals surface area contributed by atoms with Crippen LogP contribution in [0.3, 0.4) is 0 Å². The molecule has 0 amide bonds. The zero-order valence-electron chi connectivity index (χ0n) is 33.6. The third-order valence-electron chi connectivity index (χ3n) is 12.4. The molecule has 0 atom stereocenters. The highest BCUT2D eigenvalue weighted by molar-refractivity contribution is 6.07. The Kier molecular flexibility index (Phi) is 7.68. The molecule has 3 aromatic heterocycles. The fourth-order valence-electron chi connectivity index (χ4n) is 9.73. The molecule has 0 saturated heterocycles. The number of benzene rings is 8. The predicted octanol–water partition coefficient (Wildman–Crippen LogP) is 13.4. The van der Waals surface area contributed by atoms with Gasteiger partial charge in [0.2, 0.25) is 0 Å². The zero-order valence-corrected chi connectivity index (χ0v) is 33.6. The highest BCUT2D eigenvalue weighted by Gasteiger charge is 2.52. The molecule has 0 radical (unpaired) electrons. The number of ether oxygens (including phenoxy) is 1. The van der Waals surface area contributed by atoms with E-state index in [-0.39, 0.29) is 0 Å². The number of hydrogen-bond donors (Lipinski definition) is 0. The van der Waals surface area contributed by atoms with Gasteiger partial charge >= 0.3 is 0 Å². The molecular formula is C56H33N5O2. The van der Waals surface area contributed by atoms with Crippen molar-refractivity contribution < 1.29 is 9.15 Å². The Hall–Kier alpha value is -8.55. The van der Waals surface area contributed by atoms with Crippen LogP contribution in [0.1, 0.15) is 22.3 Å². The molecule has 294 valence electrons. The van der Waals surface area contributed by atoms with Crippen LogP contribution in [0.4, 0.5) is 0 Å². The van der Waals surface area contributed by atoms with Crippen LogP contribution in [-0.4, -0.2) is 24.9 Å². The van der Waals surface area contributed by atoms with Crippen LogP contribution in [-0.2, 0) is 5.41 Å². The first-order chi connectivity index (χ1) is 31.2. The first kappa shape index (κ1) is 35.2. The lowest BCUT2D eigenvalue weighted by Gasteiger charge is -2.40. The highest BCUT2D eigenvalue weighted by Crippen LogP contribution is 2.64. The molecule has 1 aliphatic heterocycles. The highest BCUT2D eigenvalue weighted by atomic mass is 16.5. The quantitative estimate of drug-likeness (QED) is 0.171. The summed E-state index contributed by atoms with van der Waals surface area (Å²) < 4.78 is 13.2. The maximum atomic E-state index is 6.74. The Labute approximate surface area is 362 Å². The van der Waals surface area contributed by atoms with E-state index in [1.54, 1.807) is 0 Å². The van der Waals surface area contributed by atoms with E-state index in [1.165, 1.54) is 0 Å². The Morgan fingerprint density at radius 3 is 1.60 bits per heavy atom. The van der Waals surface area contributed by atoms with Crippen LogP contribution < -0.4 is 4.74 Å². The molecule has 0 N–H and O–H groups in total. The van der Waals surface area contributed by atoms with Gasteiger partial charge in [-0.15, -0.1) is 0 Å². The number of hydrogen-bond acceptors (Lipinski definition) is 7. The molecule has 0 saturated carbocycles. The van der Waals surface area contributed by atoms with Gasteiger partial charge in [-0.3, -0.25) is 0 Å². The topological polar surface area (TPSA) is 86.8 Å². The van der Waals surface area contributed by atoms with Gasteiger partial charge in [0.15, 0.2) is 28.9 Å². The van der Waals surface area contributed by atoms with E-state index in [0.29, 0.717) is 28.9 Å². The first-order valence-corrected chi connectivity index (χ1v) is 21.0. The van der Waals surface area contributed by atoms with Crippen molar-refractivity contribution in [3.63, 3.8) is 0 Å². The Bertz CT molecular complexity index is 3500. The number of para-hydroxylation sites is 3. The van der Waals surface area contributed by atoms with Crippen LogP contribution in [0.5, 0.6) is 11.5 Å². The summed E-state index contributed by atoms with van der Waals surface area (Å²) in [4.78, 5) is 26.2. The number of nitrogens with zero attached hydrogens (tertiary/aromatic N) is 5. The fourth-order valence-corrected chi connectivity index (χ4v) is 9.73. The van der Waals surface area contributed by atoms with Crippen molar-refractivity contribution in [1.29, 1.82) is 0 Å². The standard InChI is InChI=1S/C56H33N5O2/c1-4-17-34(18-5-1)49-51-50(39-23-10-13-28-45(39)63-51)58-54(57-49)37-31-32-42-41(33-37)38-24-16-25-40(48(38)56(42)43-26-11-14-29-46(43)62-47-30-15-12-27-44(47)56)55-60-52(35-19-6-2-7-20-35)59-53(61-55)36-21-8-3-9-22-36/h1-33H. The molecule has 11 aromatic rings. The summed E-state index contributed by atoms with van der Waals surface area (Å²) in [6, 6.07) is 68.4. The monoisotopic (exact) mass is 807 g/mol. The molecule has 2 aliphatic rings. The van der Waals surface area contributed by atoms with Gasteiger partial charge in [-0.2, -0.15) is 0 Å². The second-order valence-corrected chi connectivity index (χ2v) is 15.9. The average molecular weight is 808 g/mol. The third-order valence-corrected chi connectivity index (χ3v) is 12.4. The van der Waals surface area contributed by atoms with Crippen LogP contribution in [0.25, 0.3) is 90.0 Å². The van der Waals surface area contributed by atoms with Gasteiger partial charge in [-0.05, 0) is 52.6 Å². The SMILES string of the molecule is c1ccc(-c2nc(-c3ccccc3)nc(-c3cccc4c3C3(c5ccccc5Oc5ccccc53)c3ccc(-c5nc(-c6ccccc6)c6oc7ccccc7c6n5)cc3-4)n2)cc1. The van der Waals surface area contributed by atoms with Crippen molar-refractivity contribution in [2.45, 2.75) is 5.41 Å². The average Bonchev–Trinajstić information content (AvgIpc) is 3.88. The second kappa shape index (κ2) is 13.7. The van der Waals surface area contributed by atoms with Gasteiger partial charge in [0, 0.05) is 44.3 Å². The number of aromatic nitrogens is 5. The molecule has 63 heavy (non-hydrogen) atoms. The van der Waals surface area contributed by atoms with E-state index in [4.69, 9.17) is 34.1 Å². The van der Waals surface area contributed by atoms with Crippen LogP contribution in [0.15, 0.2) is 205 Å². The minimum atomic E-state index is -0.807. The summed E-state index contributed by atoms with van der Waals surface area (Å²) in [7, 11) is 0. The molecule has 0 fully saturated rings. The normalized spacial score (nSPS) is 13.0. The van der Waals surface area contributed by atoms with E-state index in [0.717, 1.165) is 94.9 Å². The molecule has 7 nitrogen and oxygen atoms in total. The molecule has 0 bridgehead atoms. The second-order valence-electron chi connectivity index (χ2n) is 15.9. The van der Waals surface area contributed by atoms with E-state index in [2.05, 4.69) is 91.0 Å².